The molecular weight excluding hydrogens is 248 g/mol. The van der Waals surface area contributed by atoms with E-state index >= 15 is 0 Å². The van der Waals surface area contributed by atoms with E-state index in [1.165, 1.54) is 6.26 Å². The van der Waals surface area contributed by atoms with Crippen LogP contribution < -0.4 is 0 Å². The van der Waals surface area contributed by atoms with Gasteiger partial charge in [-0.2, -0.15) is 0 Å². The number of rotatable bonds is 9. The Morgan fingerprint density at radius 1 is 1.05 bits per heavy atom. The first kappa shape index (κ1) is 17.5. The van der Waals surface area contributed by atoms with Crippen LogP contribution in [0.2, 0.25) is 0 Å². The number of allylic oxidation sites excluding steroid dienone is 1. The maximum atomic E-state index is 12.1. The smallest absolute Gasteiger partial charge is 0.323 e. The summed E-state index contributed by atoms with van der Waals surface area (Å²) in [5, 5.41) is 0. The number of hydrogen-bond donors (Lipinski definition) is 0. The molecular formula is C14H24O5. The Bertz CT molecular complexity index is 291. The van der Waals surface area contributed by atoms with Gasteiger partial charge in [0, 0.05) is 0 Å². The molecule has 0 atom stereocenters. The molecule has 0 saturated heterocycles. The first-order valence-electron chi connectivity index (χ1n) is 6.61. The number of carbonyl (C=O) groups excluding carboxylic acids is 2. The summed E-state index contributed by atoms with van der Waals surface area (Å²) < 4.78 is 14.8. The van der Waals surface area contributed by atoms with Crippen LogP contribution in [0.1, 0.15) is 40.0 Å². The summed E-state index contributed by atoms with van der Waals surface area (Å²) in [6.07, 6.45) is 4.53. The van der Waals surface area contributed by atoms with E-state index in [9.17, 15) is 9.59 Å². The number of carbonyl (C=O) groups is 2. The lowest BCUT2D eigenvalue weighted by Gasteiger charge is -2.27. The van der Waals surface area contributed by atoms with Crippen molar-refractivity contribution in [2.75, 3.05) is 20.3 Å². The summed E-state index contributed by atoms with van der Waals surface area (Å²) in [7, 11) is 1.54. The quantitative estimate of drug-likeness (QED) is 0.366. The third-order valence-electron chi connectivity index (χ3n) is 2.91. The molecule has 110 valence electrons. The first-order chi connectivity index (χ1) is 9.08. The third kappa shape index (κ3) is 4.93. The summed E-state index contributed by atoms with van der Waals surface area (Å²) in [5.74, 6) is -1.02. The van der Waals surface area contributed by atoms with Gasteiger partial charge in [-0.05, 0) is 39.2 Å². The minimum atomic E-state index is -1.22. The molecule has 5 nitrogen and oxygen atoms in total. The Labute approximate surface area is 114 Å². The number of hydrogen-bond acceptors (Lipinski definition) is 5. The fraction of sp³-hybridized carbons (Fsp3) is 0.714. The van der Waals surface area contributed by atoms with Crippen molar-refractivity contribution in [2.24, 2.45) is 5.41 Å². The van der Waals surface area contributed by atoms with E-state index in [2.05, 4.69) is 0 Å². The Hall–Kier alpha value is -1.52. The van der Waals surface area contributed by atoms with Crippen LogP contribution in [0.5, 0.6) is 0 Å². The minimum absolute atomic E-state index is 0.244. The maximum Gasteiger partial charge on any atom is 0.323 e. The van der Waals surface area contributed by atoms with Gasteiger partial charge in [-0.1, -0.05) is 6.92 Å². The Morgan fingerprint density at radius 3 is 1.95 bits per heavy atom. The molecule has 0 spiro atoms. The maximum absolute atomic E-state index is 12.1. The number of methoxy groups -OCH3 is 1. The van der Waals surface area contributed by atoms with Gasteiger partial charge in [-0.25, -0.2) is 0 Å². The highest BCUT2D eigenvalue weighted by molar-refractivity contribution is 6.00. The van der Waals surface area contributed by atoms with Gasteiger partial charge in [0.15, 0.2) is 5.41 Å². The predicted molar refractivity (Wildman–Crippen MR) is 71.4 cm³/mol. The van der Waals surface area contributed by atoms with Crippen molar-refractivity contribution in [3.05, 3.63) is 12.3 Å². The summed E-state index contributed by atoms with van der Waals surface area (Å²) in [4.78, 5) is 24.2. The van der Waals surface area contributed by atoms with Crippen molar-refractivity contribution < 1.29 is 23.8 Å². The van der Waals surface area contributed by atoms with Crippen molar-refractivity contribution in [3.63, 3.8) is 0 Å². The molecule has 0 aliphatic heterocycles. The molecule has 0 aromatic carbocycles. The number of esters is 2. The van der Waals surface area contributed by atoms with Crippen molar-refractivity contribution >= 4 is 11.9 Å². The normalized spacial score (nSPS) is 11.4. The third-order valence-corrected chi connectivity index (χ3v) is 2.91. The van der Waals surface area contributed by atoms with Gasteiger partial charge in [0.2, 0.25) is 0 Å². The molecule has 0 radical (unpaired) electrons. The Balaban J connectivity index is 4.99. The topological polar surface area (TPSA) is 61.8 Å². The van der Waals surface area contributed by atoms with E-state index in [4.69, 9.17) is 14.2 Å². The molecule has 0 fully saturated rings. The minimum Gasteiger partial charge on any atom is -0.505 e. The predicted octanol–water partition coefficient (Wildman–Crippen LogP) is 2.45. The zero-order chi connectivity index (χ0) is 14.7. The largest absolute Gasteiger partial charge is 0.505 e. The van der Waals surface area contributed by atoms with Crippen molar-refractivity contribution in [3.8, 4) is 0 Å². The average molecular weight is 272 g/mol. The highest BCUT2D eigenvalue weighted by Gasteiger charge is 2.46. The van der Waals surface area contributed by atoms with E-state index in [0.717, 1.165) is 0 Å². The van der Waals surface area contributed by atoms with Gasteiger partial charge < -0.3 is 14.2 Å². The van der Waals surface area contributed by atoms with Gasteiger partial charge in [0.05, 0.1) is 26.6 Å². The molecule has 0 rings (SSSR count). The zero-order valence-electron chi connectivity index (χ0n) is 12.2. The standard InChI is InChI=1S/C14H24O5/c1-5-14(12(15)18-6-2,13(16)19-7-3)10-8-9-11-17-4/h9,11H,5-8,10H2,1-4H3/b11-9+. The van der Waals surface area contributed by atoms with Crippen LogP contribution in [0.15, 0.2) is 12.3 Å². The van der Waals surface area contributed by atoms with Gasteiger partial charge in [0.25, 0.3) is 0 Å². The second-order valence-electron chi connectivity index (χ2n) is 4.02. The fourth-order valence-electron chi connectivity index (χ4n) is 1.79. The Morgan fingerprint density at radius 2 is 1.58 bits per heavy atom. The SMILES string of the molecule is CCOC(=O)C(CC)(CC/C=C/OC)C(=O)OCC. The molecule has 0 bridgehead atoms. The zero-order valence-corrected chi connectivity index (χ0v) is 12.2. The van der Waals surface area contributed by atoms with E-state index in [1.54, 1.807) is 34.0 Å². The molecule has 0 aromatic heterocycles. The van der Waals surface area contributed by atoms with Gasteiger partial charge >= 0.3 is 11.9 Å². The van der Waals surface area contributed by atoms with Gasteiger partial charge in [-0.3, -0.25) is 9.59 Å². The van der Waals surface area contributed by atoms with E-state index in [0.29, 0.717) is 19.3 Å². The van der Waals surface area contributed by atoms with E-state index in [-0.39, 0.29) is 13.2 Å². The van der Waals surface area contributed by atoms with Crippen LogP contribution in [0.25, 0.3) is 0 Å². The Kier molecular flexibility index (Phi) is 8.66. The fourth-order valence-corrected chi connectivity index (χ4v) is 1.79. The summed E-state index contributed by atoms with van der Waals surface area (Å²) in [5.41, 5.74) is -1.22. The van der Waals surface area contributed by atoms with Crippen LogP contribution in [0.4, 0.5) is 0 Å². The van der Waals surface area contributed by atoms with Crippen LogP contribution in [-0.2, 0) is 23.8 Å². The van der Waals surface area contributed by atoms with E-state index < -0.39 is 17.4 Å². The molecule has 0 N–H and O–H groups in total. The lowest BCUT2D eigenvalue weighted by molar-refractivity contribution is -0.173. The lowest BCUT2D eigenvalue weighted by Crippen LogP contribution is -2.41. The second-order valence-corrected chi connectivity index (χ2v) is 4.02. The van der Waals surface area contributed by atoms with Gasteiger partial charge in [-0.15, -0.1) is 0 Å². The first-order valence-corrected chi connectivity index (χ1v) is 6.61. The summed E-state index contributed by atoms with van der Waals surface area (Å²) in [6, 6.07) is 0. The molecule has 0 aromatic rings. The molecule has 5 heteroatoms. The molecule has 0 unspecified atom stereocenters. The van der Waals surface area contributed by atoms with Gasteiger partial charge in [0.1, 0.15) is 0 Å². The van der Waals surface area contributed by atoms with Crippen molar-refractivity contribution in [2.45, 2.75) is 40.0 Å². The number of ether oxygens (including phenoxy) is 3. The molecule has 19 heavy (non-hydrogen) atoms. The average Bonchev–Trinajstić information content (AvgIpc) is 2.40. The second kappa shape index (κ2) is 9.42. The molecule has 0 aliphatic carbocycles. The lowest BCUT2D eigenvalue weighted by atomic mass is 9.80. The molecule has 0 heterocycles. The van der Waals surface area contributed by atoms with Crippen LogP contribution >= 0.6 is 0 Å². The highest BCUT2D eigenvalue weighted by atomic mass is 16.6. The van der Waals surface area contributed by atoms with Crippen LogP contribution in [0, 0.1) is 5.41 Å². The van der Waals surface area contributed by atoms with Crippen LogP contribution in [0.3, 0.4) is 0 Å². The molecule has 0 amide bonds. The van der Waals surface area contributed by atoms with E-state index in [1.807, 2.05) is 0 Å². The summed E-state index contributed by atoms with van der Waals surface area (Å²) >= 11 is 0. The summed E-state index contributed by atoms with van der Waals surface area (Å²) in [6.45, 7) is 5.71. The monoisotopic (exact) mass is 272 g/mol. The molecule has 0 aliphatic rings. The van der Waals surface area contributed by atoms with Crippen molar-refractivity contribution in [1.82, 2.24) is 0 Å². The molecule has 0 saturated carbocycles. The highest BCUT2D eigenvalue weighted by Crippen LogP contribution is 2.32. The van der Waals surface area contributed by atoms with Crippen molar-refractivity contribution in [1.29, 1.82) is 0 Å². The van der Waals surface area contributed by atoms with Crippen LogP contribution in [-0.4, -0.2) is 32.3 Å².